The number of aliphatic hydroxyl groups excluding tert-OH is 1. The maximum absolute atomic E-state index is 12.3. The van der Waals surface area contributed by atoms with Gasteiger partial charge in [-0.05, 0) is 24.6 Å². The van der Waals surface area contributed by atoms with Crippen molar-refractivity contribution < 1.29 is 29.3 Å². The lowest BCUT2D eigenvalue weighted by Crippen LogP contribution is -2.50. The topological polar surface area (TPSA) is 105 Å². The van der Waals surface area contributed by atoms with Crippen molar-refractivity contribution in [3.63, 3.8) is 0 Å². The van der Waals surface area contributed by atoms with Crippen LogP contribution in [-0.4, -0.2) is 47.1 Å². The van der Waals surface area contributed by atoms with E-state index in [9.17, 15) is 19.8 Å². The molecular formula is C20H21NO6. The number of nitrogens with zero attached hydrogens (tertiary/aromatic N) is 1. The average molecular weight is 371 g/mol. The third-order valence-corrected chi connectivity index (χ3v) is 3.99. The van der Waals surface area contributed by atoms with Crippen LogP contribution in [0.2, 0.25) is 0 Å². The number of para-hydroxylation sites is 1. The molecule has 0 aliphatic heterocycles. The fourth-order valence-electron chi connectivity index (χ4n) is 2.28. The van der Waals surface area contributed by atoms with Crippen LogP contribution >= 0.6 is 0 Å². The highest BCUT2D eigenvalue weighted by atomic mass is 16.6. The first-order valence-electron chi connectivity index (χ1n) is 8.18. The number of aromatic hydroxyl groups is 1. The highest BCUT2D eigenvalue weighted by Crippen LogP contribution is 2.22. The first-order valence-corrected chi connectivity index (χ1v) is 8.18. The van der Waals surface area contributed by atoms with Crippen molar-refractivity contribution in [2.75, 3.05) is 7.11 Å². The van der Waals surface area contributed by atoms with Gasteiger partial charge in [-0.2, -0.15) is 0 Å². The minimum Gasteiger partial charge on any atom is -0.507 e. The molecule has 7 heteroatoms. The summed E-state index contributed by atoms with van der Waals surface area (Å²) in [5.41, 5.74) is -0.891. The molecule has 0 amide bonds. The highest BCUT2D eigenvalue weighted by molar-refractivity contribution is 5.93. The first-order chi connectivity index (χ1) is 12.9. The van der Waals surface area contributed by atoms with Crippen molar-refractivity contribution >= 4 is 18.2 Å². The largest absolute Gasteiger partial charge is 0.507 e. The van der Waals surface area contributed by atoms with Gasteiger partial charge in [0.1, 0.15) is 12.4 Å². The monoisotopic (exact) mass is 371 g/mol. The predicted octanol–water partition coefficient (Wildman–Crippen LogP) is 1.85. The Morgan fingerprint density at radius 2 is 1.78 bits per heavy atom. The van der Waals surface area contributed by atoms with Gasteiger partial charge in [-0.15, -0.1) is 0 Å². The summed E-state index contributed by atoms with van der Waals surface area (Å²) in [6.07, 6.45) is -0.698. The normalized spacial score (nSPS) is 14.3. The second kappa shape index (κ2) is 8.95. The van der Waals surface area contributed by atoms with Crippen LogP contribution in [0, 0.1) is 0 Å². The van der Waals surface area contributed by atoms with Crippen LogP contribution in [0.25, 0.3) is 0 Å². The standard InChI is InChI=1S/C20H21NO6/c1-20(19(25)26-2,21-12-15-10-6-7-11-16(15)22)17(23)18(24)27-13-14-8-4-3-5-9-14/h3-12,17,22-23H,13H2,1-2H3/t17-,20+/m0/s1. The Bertz CT molecular complexity index is 820. The molecule has 2 rings (SSSR count). The molecule has 0 aromatic heterocycles. The summed E-state index contributed by atoms with van der Waals surface area (Å²) < 4.78 is 9.77. The molecule has 0 aliphatic rings. The zero-order valence-corrected chi connectivity index (χ0v) is 15.0. The molecular weight excluding hydrogens is 350 g/mol. The Kier molecular flexibility index (Phi) is 6.67. The Morgan fingerprint density at radius 1 is 1.15 bits per heavy atom. The first kappa shape index (κ1) is 20.1. The van der Waals surface area contributed by atoms with Crippen molar-refractivity contribution in [3.05, 3.63) is 65.7 Å². The van der Waals surface area contributed by atoms with Crippen LogP contribution in [0.15, 0.2) is 59.6 Å². The number of carbonyl (C=O) groups is 2. The summed E-state index contributed by atoms with van der Waals surface area (Å²) in [5.74, 6) is -1.99. The predicted molar refractivity (Wildman–Crippen MR) is 98.4 cm³/mol. The van der Waals surface area contributed by atoms with E-state index < -0.39 is 23.6 Å². The smallest absolute Gasteiger partial charge is 0.338 e. The number of phenolic OH excluding ortho intramolecular Hbond substituents is 1. The molecule has 7 nitrogen and oxygen atoms in total. The molecule has 2 aromatic rings. The van der Waals surface area contributed by atoms with Crippen LogP contribution in [0.5, 0.6) is 5.75 Å². The van der Waals surface area contributed by atoms with Gasteiger partial charge in [0, 0.05) is 11.8 Å². The Labute approximate surface area is 156 Å². The van der Waals surface area contributed by atoms with Gasteiger partial charge >= 0.3 is 11.9 Å². The number of hydrogen-bond acceptors (Lipinski definition) is 7. The summed E-state index contributed by atoms with van der Waals surface area (Å²) in [7, 11) is 1.12. The molecule has 0 heterocycles. The number of hydrogen-bond donors (Lipinski definition) is 2. The van der Waals surface area contributed by atoms with Crippen molar-refractivity contribution in [2.45, 2.75) is 25.2 Å². The van der Waals surface area contributed by atoms with Gasteiger partial charge in [0.05, 0.1) is 7.11 Å². The highest BCUT2D eigenvalue weighted by Gasteiger charge is 2.46. The lowest BCUT2D eigenvalue weighted by atomic mass is 9.95. The van der Waals surface area contributed by atoms with Gasteiger partial charge < -0.3 is 19.7 Å². The second-order valence-electron chi connectivity index (χ2n) is 5.95. The van der Waals surface area contributed by atoms with Gasteiger partial charge in [0.15, 0.2) is 11.6 Å². The number of aliphatic imine (C=N–C) groups is 1. The molecule has 0 bridgehead atoms. The Hall–Kier alpha value is -3.19. The minimum atomic E-state index is -1.94. The lowest BCUT2D eigenvalue weighted by molar-refractivity contribution is -0.167. The van der Waals surface area contributed by atoms with Gasteiger partial charge in [0.25, 0.3) is 0 Å². The summed E-state index contributed by atoms with van der Waals surface area (Å²) in [6.45, 7) is 1.20. The van der Waals surface area contributed by atoms with Gasteiger partial charge in [-0.25, -0.2) is 9.59 Å². The molecule has 27 heavy (non-hydrogen) atoms. The molecule has 0 radical (unpaired) electrons. The Morgan fingerprint density at radius 3 is 2.41 bits per heavy atom. The maximum atomic E-state index is 12.3. The summed E-state index contributed by atoms with van der Waals surface area (Å²) in [5, 5.41) is 20.2. The van der Waals surface area contributed by atoms with Crippen LogP contribution in [-0.2, 0) is 25.7 Å². The number of carbonyl (C=O) groups excluding carboxylic acids is 2. The van der Waals surface area contributed by atoms with Gasteiger partial charge in [0.2, 0.25) is 0 Å². The van der Waals surface area contributed by atoms with E-state index in [4.69, 9.17) is 4.74 Å². The van der Waals surface area contributed by atoms with Crippen molar-refractivity contribution in [2.24, 2.45) is 4.99 Å². The lowest BCUT2D eigenvalue weighted by Gasteiger charge is -2.26. The number of benzene rings is 2. The molecule has 0 fully saturated rings. The zero-order valence-electron chi connectivity index (χ0n) is 15.0. The van der Waals surface area contributed by atoms with E-state index in [1.165, 1.54) is 19.2 Å². The number of aliphatic hydroxyl groups is 1. The van der Waals surface area contributed by atoms with Crippen LogP contribution < -0.4 is 0 Å². The minimum absolute atomic E-state index is 0.0584. The Balaban J connectivity index is 2.19. The fraction of sp³-hybridized carbons (Fsp3) is 0.250. The van der Waals surface area contributed by atoms with E-state index in [2.05, 4.69) is 9.73 Å². The fourth-order valence-corrected chi connectivity index (χ4v) is 2.28. The summed E-state index contributed by atoms with van der Waals surface area (Å²) >= 11 is 0. The quantitative estimate of drug-likeness (QED) is 0.568. The molecule has 2 N–H and O–H groups in total. The van der Waals surface area contributed by atoms with E-state index in [0.29, 0.717) is 5.56 Å². The molecule has 0 saturated carbocycles. The molecule has 0 unspecified atom stereocenters. The zero-order chi connectivity index (χ0) is 19.9. The number of esters is 2. The van der Waals surface area contributed by atoms with Crippen molar-refractivity contribution in [1.29, 1.82) is 0 Å². The third-order valence-electron chi connectivity index (χ3n) is 3.99. The SMILES string of the molecule is COC(=O)[C@](C)(N=Cc1ccccc1O)[C@@H](O)C(=O)OCc1ccccc1. The molecule has 2 atom stereocenters. The second-order valence-corrected chi connectivity index (χ2v) is 5.95. The molecule has 0 saturated heterocycles. The van der Waals surface area contributed by atoms with E-state index in [1.54, 1.807) is 42.5 Å². The molecule has 0 spiro atoms. The van der Waals surface area contributed by atoms with Crippen LogP contribution in [0.4, 0.5) is 0 Å². The van der Waals surface area contributed by atoms with E-state index in [1.807, 2.05) is 6.07 Å². The van der Waals surface area contributed by atoms with E-state index in [-0.39, 0.29) is 12.4 Å². The average Bonchev–Trinajstić information content (AvgIpc) is 2.70. The van der Waals surface area contributed by atoms with E-state index in [0.717, 1.165) is 12.7 Å². The maximum Gasteiger partial charge on any atom is 0.338 e. The molecule has 2 aromatic carbocycles. The van der Waals surface area contributed by atoms with Crippen LogP contribution in [0.3, 0.4) is 0 Å². The van der Waals surface area contributed by atoms with E-state index >= 15 is 0 Å². The van der Waals surface area contributed by atoms with Crippen molar-refractivity contribution in [1.82, 2.24) is 0 Å². The number of ether oxygens (including phenoxy) is 2. The molecule has 142 valence electrons. The third kappa shape index (κ3) is 4.92. The number of methoxy groups -OCH3 is 1. The summed E-state index contributed by atoms with van der Waals surface area (Å²) in [4.78, 5) is 28.5. The van der Waals surface area contributed by atoms with Gasteiger partial charge in [-0.3, -0.25) is 4.99 Å². The number of rotatable bonds is 7. The number of phenols is 1. The van der Waals surface area contributed by atoms with Gasteiger partial charge in [-0.1, -0.05) is 42.5 Å². The summed E-state index contributed by atoms with van der Waals surface area (Å²) in [6, 6.07) is 15.2. The molecule has 0 aliphatic carbocycles. The van der Waals surface area contributed by atoms with Crippen molar-refractivity contribution in [3.8, 4) is 5.75 Å². The van der Waals surface area contributed by atoms with Crippen LogP contribution in [0.1, 0.15) is 18.1 Å².